The van der Waals surface area contributed by atoms with Crippen LogP contribution in [0.4, 0.5) is 5.82 Å². The van der Waals surface area contributed by atoms with E-state index in [2.05, 4.69) is 20.9 Å². The maximum Gasteiger partial charge on any atom is 0.261 e. The fraction of sp³-hybridized carbons (Fsp3) is 0.286. The van der Waals surface area contributed by atoms with Crippen molar-refractivity contribution in [3.8, 4) is 0 Å². The minimum atomic E-state index is -0.889. The normalized spacial score (nSPS) is 22.1. The molecule has 1 aliphatic carbocycles. The smallest absolute Gasteiger partial charge is 0.261 e. The molecule has 0 fully saturated rings. The number of halogens is 1. The monoisotopic (exact) mass is 320 g/mol. The number of nitrogens with zero attached hydrogens (tertiary/aromatic N) is 2. The summed E-state index contributed by atoms with van der Waals surface area (Å²) in [6, 6.07) is 3.71. The SMILES string of the molecule is O=C1C2=C(CCC=C2)C(O)N1c1ncccc1CBr. The second-order valence-electron chi connectivity index (χ2n) is 4.55. The van der Waals surface area contributed by atoms with Crippen LogP contribution in [-0.2, 0) is 10.1 Å². The molecule has 1 unspecified atom stereocenters. The van der Waals surface area contributed by atoms with Crippen molar-refractivity contribution >= 4 is 27.7 Å². The van der Waals surface area contributed by atoms with Crippen molar-refractivity contribution in [1.82, 2.24) is 4.98 Å². The van der Waals surface area contributed by atoms with E-state index >= 15 is 0 Å². The zero-order valence-electron chi connectivity index (χ0n) is 10.2. The van der Waals surface area contributed by atoms with Crippen molar-refractivity contribution in [3.05, 3.63) is 47.2 Å². The van der Waals surface area contributed by atoms with Gasteiger partial charge >= 0.3 is 0 Å². The average molecular weight is 321 g/mol. The molecule has 0 spiro atoms. The molecule has 0 saturated carbocycles. The summed E-state index contributed by atoms with van der Waals surface area (Å²) in [5.74, 6) is 0.360. The molecule has 3 rings (SSSR count). The summed E-state index contributed by atoms with van der Waals surface area (Å²) in [5.41, 5.74) is 2.31. The molecule has 2 heterocycles. The molecule has 4 nitrogen and oxygen atoms in total. The summed E-state index contributed by atoms with van der Waals surface area (Å²) in [6.07, 6.45) is 6.11. The van der Waals surface area contributed by atoms with Crippen molar-refractivity contribution in [2.75, 3.05) is 4.90 Å². The van der Waals surface area contributed by atoms with Crippen LogP contribution in [0.5, 0.6) is 0 Å². The third kappa shape index (κ3) is 1.93. The molecule has 19 heavy (non-hydrogen) atoms. The molecule has 1 N–H and O–H groups in total. The van der Waals surface area contributed by atoms with Gasteiger partial charge in [0.2, 0.25) is 0 Å². The molecule has 1 amide bonds. The Morgan fingerprint density at radius 2 is 2.37 bits per heavy atom. The molecule has 5 heteroatoms. The van der Waals surface area contributed by atoms with E-state index in [1.165, 1.54) is 4.90 Å². The van der Waals surface area contributed by atoms with E-state index in [1.54, 1.807) is 12.3 Å². The van der Waals surface area contributed by atoms with Gasteiger partial charge in [0, 0.05) is 22.7 Å². The Hall–Kier alpha value is -1.46. The Balaban J connectivity index is 2.04. The largest absolute Gasteiger partial charge is 0.369 e. The van der Waals surface area contributed by atoms with Crippen molar-refractivity contribution in [1.29, 1.82) is 0 Å². The van der Waals surface area contributed by atoms with Gasteiger partial charge in [-0.25, -0.2) is 4.98 Å². The minimum absolute atomic E-state index is 0.167. The minimum Gasteiger partial charge on any atom is -0.369 e. The number of anilines is 1. The molecule has 2 aliphatic rings. The number of allylic oxidation sites excluding steroid dienone is 1. The molecule has 1 aromatic heterocycles. The number of aromatic nitrogens is 1. The number of rotatable bonds is 2. The van der Waals surface area contributed by atoms with E-state index in [-0.39, 0.29) is 5.91 Å². The van der Waals surface area contributed by atoms with Crippen LogP contribution in [0.15, 0.2) is 41.6 Å². The summed E-state index contributed by atoms with van der Waals surface area (Å²) >= 11 is 3.38. The number of amides is 1. The number of hydrogen-bond acceptors (Lipinski definition) is 3. The lowest BCUT2D eigenvalue weighted by Gasteiger charge is -2.23. The van der Waals surface area contributed by atoms with Crippen molar-refractivity contribution in [3.63, 3.8) is 0 Å². The van der Waals surface area contributed by atoms with Gasteiger partial charge < -0.3 is 5.11 Å². The highest BCUT2D eigenvalue weighted by Crippen LogP contribution is 2.35. The first-order valence-electron chi connectivity index (χ1n) is 6.15. The molecule has 0 aromatic carbocycles. The lowest BCUT2D eigenvalue weighted by atomic mass is 9.99. The van der Waals surface area contributed by atoms with Gasteiger partial charge in [0.05, 0.1) is 0 Å². The topological polar surface area (TPSA) is 53.4 Å². The lowest BCUT2D eigenvalue weighted by Crippen LogP contribution is -2.36. The van der Waals surface area contributed by atoms with Crippen LogP contribution >= 0.6 is 15.9 Å². The van der Waals surface area contributed by atoms with Crippen molar-refractivity contribution in [2.45, 2.75) is 24.4 Å². The molecule has 1 atom stereocenters. The van der Waals surface area contributed by atoms with Crippen LogP contribution in [0.2, 0.25) is 0 Å². The zero-order chi connectivity index (χ0) is 13.4. The second-order valence-corrected chi connectivity index (χ2v) is 5.11. The van der Waals surface area contributed by atoms with Gasteiger partial charge in [0.1, 0.15) is 5.82 Å². The quantitative estimate of drug-likeness (QED) is 0.851. The first kappa shape index (κ1) is 12.6. The number of carbonyl (C=O) groups excluding carboxylic acids is 1. The lowest BCUT2D eigenvalue weighted by molar-refractivity contribution is -0.115. The molecule has 0 radical (unpaired) electrons. The first-order valence-corrected chi connectivity index (χ1v) is 7.27. The van der Waals surface area contributed by atoms with Gasteiger partial charge in [-0.1, -0.05) is 34.1 Å². The van der Waals surface area contributed by atoms with E-state index in [4.69, 9.17) is 0 Å². The fourth-order valence-corrected chi connectivity index (χ4v) is 2.96. The average Bonchev–Trinajstić information content (AvgIpc) is 2.71. The van der Waals surface area contributed by atoms with E-state index in [9.17, 15) is 9.90 Å². The summed E-state index contributed by atoms with van der Waals surface area (Å²) in [4.78, 5) is 18.1. The number of hydrogen-bond donors (Lipinski definition) is 1. The van der Waals surface area contributed by atoms with Gasteiger partial charge in [-0.15, -0.1) is 0 Å². The molecule has 1 aromatic rings. The third-order valence-corrected chi connectivity index (χ3v) is 4.06. The number of alkyl halides is 1. The number of aliphatic hydroxyl groups is 1. The number of pyridine rings is 1. The van der Waals surface area contributed by atoms with E-state index in [0.717, 1.165) is 24.0 Å². The Morgan fingerprint density at radius 1 is 1.53 bits per heavy atom. The Bertz CT molecular complexity index is 595. The predicted molar refractivity (Wildman–Crippen MR) is 75.8 cm³/mol. The van der Waals surface area contributed by atoms with Crippen molar-refractivity contribution in [2.24, 2.45) is 0 Å². The number of aliphatic hydroxyl groups excluding tert-OH is 1. The molecule has 0 saturated heterocycles. The molecule has 1 aliphatic heterocycles. The van der Waals surface area contributed by atoms with Gasteiger partial charge in [-0.2, -0.15) is 0 Å². The van der Waals surface area contributed by atoms with Crippen molar-refractivity contribution < 1.29 is 9.90 Å². The highest BCUT2D eigenvalue weighted by atomic mass is 79.9. The second kappa shape index (κ2) is 4.90. The summed E-state index contributed by atoms with van der Waals surface area (Å²) < 4.78 is 0. The highest BCUT2D eigenvalue weighted by molar-refractivity contribution is 9.08. The first-order chi connectivity index (χ1) is 9.24. The Labute approximate surface area is 119 Å². The standard InChI is InChI=1S/C14H13BrN2O2/c15-8-9-4-3-7-16-12(9)17-13(18)10-5-1-2-6-11(10)14(17)19/h1,3-5,7,14,19H,2,6,8H2. The van der Waals surface area contributed by atoms with Crippen LogP contribution in [-0.4, -0.2) is 22.2 Å². The van der Waals surface area contributed by atoms with E-state index in [1.807, 2.05) is 18.2 Å². The van der Waals surface area contributed by atoms with Gasteiger partial charge in [-0.05, 0) is 24.5 Å². The summed E-state index contributed by atoms with van der Waals surface area (Å²) in [5, 5.41) is 11.0. The van der Waals surface area contributed by atoms with E-state index in [0.29, 0.717) is 16.7 Å². The number of carbonyl (C=O) groups is 1. The fourth-order valence-electron chi connectivity index (χ4n) is 2.52. The summed E-state index contributed by atoms with van der Waals surface area (Å²) in [7, 11) is 0. The van der Waals surface area contributed by atoms with Gasteiger partial charge in [0.25, 0.3) is 5.91 Å². The van der Waals surface area contributed by atoms with Crippen LogP contribution in [0.25, 0.3) is 0 Å². The Kier molecular flexibility index (Phi) is 3.24. The zero-order valence-corrected chi connectivity index (χ0v) is 11.8. The summed E-state index contributed by atoms with van der Waals surface area (Å²) in [6.45, 7) is 0. The highest BCUT2D eigenvalue weighted by Gasteiger charge is 2.39. The third-order valence-electron chi connectivity index (χ3n) is 3.46. The van der Waals surface area contributed by atoms with Crippen LogP contribution in [0.1, 0.15) is 18.4 Å². The molecule has 98 valence electrons. The predicted octanol–water partition coefficient (Wildman–Crippen LogP) is 2.29. The van der Waals surface area contributed by atoms with E-state index < -0.39 is 6.23 Å². The maximum atomic E-state index is 12.4. The maximum absolute atomic E-state index is 12.4. The molecular formula is C14H13BrN2O2. The molecular weight excluding hydrogens is 308 g/mol. The van der Waals surface area contributed by atoms with Crippen LogP contribution in [0.3, 0.4) is 0 Å². The molecule has 0 bridgehead atoms. The Morgan fingerprint density at radius 3 is 3.11 bits per heavy atom. The van der Waals surface area contributed by atoms with Gasteiger partial charge in [0.15, 0.2) is 6.23 Å². The van der Waals surface area contributed by atoms with Crippen LogP contribution in [0, 0.1) is 0 Å². The van der Waals surface area contributed by atoms with Crippen LogP contribution < -0.4 is 4.90 Å². The van der Waals surface area contributed by atoms with Gasteiger partial charge in [-0.3, -0.25) is 9.69 Å².